The summed E-state index contributed by atoms with van der Waals surface area (Å²) in [5.41, 5.74) is 3.97. The third-order valence-electron chi connectivity index (χ3n) is 5.35. The highest BCUT2D eigenvalue weighted by Gasteiger charge is 2.29. The minimum Gasteiger partial charge on any atom is -0.334 e. The van der Waals surface area contributed by atoms with E-state index in [0.29, 0.717) is 18.4 Å². The predicted octanol–water partition coefficient (Wildman–Crippen LogP) is 3.37. The third-order valence-corrected chi connectivity index (χ3v) is 5.35. The minimum atomic E-state index is 0.339. The molecule has 0 spiro atoms. The summed E-state index contributed by atoms with van der Waals surface area (Å²) in [6.45, 7) is 2.88. The second-order valence-electron chi connectivity index (χ2n) is 6.91. The molecule has 0 aromatic carbocycles. The van der Waals surface area contributed by atoms with Gasteiger partial charge in [0.05, 0.1) is 12.2 Å². The van der Waals surface area contributed by atoms with Gasteiger partial charge in [0, 0.05) is 25.2 Å². The quantitative estimate of drug-likeness (QED) is 0.808. The van der Waals surface area contributed by atoms with Crippen LogP contribution < -0.4 is 0 Å². The Balaban J connectivity index is 1.77. The van der Waals surface area contributed by atoms with Gasteiger partial charge in [-0.25, -0.2) is 0 Å². The molecule has 3 rings (SSSR count). The highest BCUT2D eigenvalue weighted by atomic mass is 16.2. The number of hydrogen-bond donors (Lipinski definition) is 0. The molecule has 4 heteroatoms. The fraction of sp³-hybridized carbons (Fsp3) is 0.778. The van der Waals surface area contributed by atoms with E-state index in [1.807, 2.05) is 11.7 Å². The first-order valence-electron chi connectivity index (χ1n) is 9.03. The molecule has 0 N–H and O–H groups in total. The van der Waals surface area contributed by atoms with E-state index in [2.05, 4.69) is 11.8 Å². The Bertz CT molecular complexity index is 529. The fourth-order valence-corrected chi connectivity index (χ4v) is 4.09. The molecule has 2 aliphatic rings. The molecule has 0 bridgehead atoms. The molecule has 4 nitrogen and oxygen atoms in total. The van der Waals surface area contributed by atoms with Gasteiger partial charge >= 0.3 is 0 Å². The number of amides is 1. The maximum atomic E-state index is 12.7. The van der Waals surface area contributed by atoms with Gasteiger partial charge in [0.25, 0.3) is 0 Å². The molecule has 0 atom stereocenters. The van der Waals surface area contributed by atoms with Gasteiger partial charge in [-0.2, -0.15) is 5.10 Å². The summed E-state index contributed by atoms with van der Waals surface area (Å²) < 4.78 is 2.04. The molecular formula is C18H29N3O. The molecular weight excluding hydrogens is 274 g/mol. The average Bonchev–Trinajstić information content (AvgIpc) is 3.22. The van der Waals surface area contributed by atoms with Gasteiger partial charge in [-0.15, -0.1) is 0 Å². The molecule has 1 aromatic rings. The zero-order chi connectivity index (χ0) is 15.5. The summed E-state index contributed by atoms with van der Waals surface area (Å²) in [6.07, 6.45) is 11.2. The van der Waals surface area contributed by atoms with Crippen LogP contribution in [0.15, 0.2) is 0 Å². The van der Waals surface area contributed by atoms with Crippen molar-refractivity contribution in [1.82, 2.24) is 14.7 Å². The molecule has 1 aromatic heterocycles. The highest BCUT2D eigenvalue weighted by molar-refractivity contribution is 5.76. The van der Waals surface area contributed by atoms with Crippen LogP contribution in [-0.4, -0.2) is 26.6 Å². The van der Waals surface area contributed by atoms with Crippen molar-refractivity contribution in [3.05, 3.63) is 17.0 Å². The lowest BCUT2D eigenvalue weighted by molar-refractivity contribution is -0.134. The van der Waals surface area contributed by atoms with Crippen molar-refractivity contribution in [2.45, 2.75) is 83.7 Å². The molecule has 1 amide bonds. The normalized spacial score (nSPS) is 17.9. The topological polar surface area (TPSA) is 38.1 Å². The van der Waals surface area contributed by atoms with E-state index in [1.165, 1.54) is 43.4 Å². The summed E-state index contributed by atoms with van der Waals surface area (Å²) in [5.74, 6) is 0.339. The lowest BCUT2D eigenvalue weighted by atomic mass is 10.1. The number of nitrogens with zero attached hydrogens (tertiary/aromatic N) is 3. The summed E-state index contributed by atoms with van der Waals surface area (Å²) in [7, 11) is 2.05. The van der Waals surface area contributed by atoms with E-state index in [-0.39, 0.29) is 0 Å². The van der Waals surface area contributed by atoms with Crippen LogP contribution in [0.25, 0.3) is 0 Å². The van der Waals surface area contributed by atoms with Crippen LogP contribution in [-0.2, 0) is 31.2 Å². The van der Waals surface area contributed by atoms with Crippen LogP contribution >= 0.6 is 0 Å². The molecule has 22 heavy (non-hydrogen) atoms. The van der Waals surface area contributed by atoms with Crippen LogP contribution in [0.4, 0.5) is 0 Å². The third kappa shape index (κ3) is 3.06. The Labute approximate surface area is 133 Å². The van der Waals surface area contributed by atoms with E-state index in [0.717, 1.165) is 37.9 Å². The van der Waals surface area contributed by atoms with Crippen LogP contribution in [0, 0.1) is 0 Å². The number of unbranched alkanes of at least 4 members (excludes halogenated alkanes) is 1. The van der Waals surface area contributed by atoms with Crippen molar-refractivity contribution in [2.24, 2.45) is 7.05 Å². The summed E-state index contributed by atoms with van der Waals surface area (Å²) >= 11 is 0. The van der Waals surface area contributed by atoms with Crippen LogP contribution in [0.1, 0.15) is 75.2 Å². The Morgan fingerprint density at radius 1 is 1.27 bits per heavy atom. The molecule has 0 saturated heterocycles. The maximum absolute atomic E-state index is 12.7. The van der Waals surface area contributed by atoms with Crippen molar-refractivity contribution >= 4 is 5.91 Å². The van der Waals surface area contributed by atoms with Gasteiger partial charge in [0.1, 0.15) is 0 Å². The smallest absolute Gasteiger partial charge is 0.223 e. The Morgan fingerprint density at radius 3 is 2.77 bits per heavy atom. The number of fused-ring (bicyclic) bond motifs is 1. The average molecular weight is 303 g/mol. The first kappa shape index (κ1) is 15.6. The molecule has 0 unspecified atom stereocenters. The monoisotopic (exact) mass is 303 g/mol. The van der Waals surface area contributed by atoms with Gasteiger partial charge in [-0.05, 0) is 44.1 Å². The van der Waals surface area contributed by atoms with Crippen LogP contribution in [0.3, 0.4) is 0 Å². The SMILES string of the molecule is CCCCC(=O)N(Cc1nn(C)c2c1CCC2)C1CCCC1. The number of hydrogen-bond acceptors (Lipinski definition) is 2. The Morgan fingerprint density at radius 2 is 2.05 bits per heavy atom. The van der Waals surface area contributed by atoms with Crippen molar-refractivity contribution in [1.29, 1.82) is 0 Å². The predicted molar refractivity (Wildman–Crippen MR) is 87.6 cm³/mol. The molecule has 0 aliphatic heterocycles. The van der Waals surface area contributed by atoms with E-state index in [4.69, 9.17) is 5.10 Å². The molecule has 2 aliphatic carbocycles. The summed E-state index contributed by atoms with van der Waals surface area (Å²) in [6, 6.07) is 0.448. The second-order valence-corrected chi connectivity index (χ2v) is 6.91. The molecule has 1 heterocycles. The van der Waals surface area contributed by atoms with E-state index >= 15 is 0 Å². The molecule has 1 fully saturated rings. The lowest BCUT2D eigenvalue weighted by Crippen LogP contribution is -2.38. The van der Waals surface area contributed by atoms with E-state index in [9.17, 15) is 4.79 Å². The first-order valence-corrected chi connectivity index (χ1v) is 9.03. The van der Waals surface area contributed by atoms with Gasteiger partial charge in [-0.3, -0.25) is 9.48 Å². The maximum Gasteiger partial charge on any atom is 0.223 e. The number of rotatable bonds is 6. The largest absolute Gasteiger partial charge is 0.334 e. The number of carbonyl (C=O) groups is 1. The summed E-state index contributed by atoms with van der Waals surface area (Å²) in [4.78, 5) is 14.8. The van der Waals surface area contributed by atoms with E-state index in [1.54, 1.807) is 0 Å². The zero-order valence-electron chi connectivity index (χ0n) is 14.1. The molecule has 0 radical (unpaired) electrons. The number of aryl methyl sites for hydroxylation is 1. The fourth-order valence-electron chi connectivity index (χ4n) is 4.09. The van der Waals surface area contributed by atoms with E-state index < -0.39 is 0 Å². The second kappa shape index (κ2) is 6.84. The lowest BCUT2D eigenvalue weighted by Gasteiger charge is -2.29. The van der Waals surface area contributed by atoms with Crippen molar-refractivity contribution in [2.75, 3.05) is 0 Å². The Hall–Kier alpha value is -1.32. The standard InChI is InChI=1S/C18H29N3O/c1-3-4-12-18(22)21(14-8-5-6-9-14)13-16-15-10-7-11-17(15)20(2)19-16/h14H,3-13H2,1-2H3. The minimum absolute atomic E-state index is 0.339. The highest BCUT2D eigenvalue weighted by Crippen LogP contribution is 2.29. The molecule has 1 saturated carbocycles. The van der Waals surface area contributed by atoms with Gasteiger partial charge in [0.2, 0.25) is 5.91 Å². The van der Waals surface area contributed by atoms with Crippen LogP contribution in [0.5, 0.6) is 0 Å². The van der Waals surface area contributed by atoms with Crippen molar-refractivity contribution in [3.63, 3.8) is 0 Å². The van der Waals surface area contributed by atoms with Gasteiger partial charge in [-0.1, -0.05) is 26.2 Å². The van der Waals surface area contributed by atoms with Gasteiger partial charge < -0.3 is 4.90 Å². The zero-order valence-corrected chi connectivity index (χ0v) is 14.1. The van der Waals surface area contributed by atoms with Crippen molar-refractivity contribution in [3.8, 4) is 0 Å². The first-order chi connectivity index (χ1) is 10.7. The Kier molecular flexibility index (Phi) is 4.84. The van der Waals surface area contributed by atoms with Crippen LogP contribution in [0.2, 0.25) is 0 Å². The number of carbonyl (C=O) groups excluding carboxylic acids is 1. The molecule has 122 valence electrons. The summed E-state index contributed by atoms with van der Waals surface area (Å²) in [5, 5.41) is 4.73. The van der Waals surface area contributed by atoms with Gasteiger partial charge in [0.15, 0.2) is 0 Å². The van der Waals surface area contributed by atoms with Crippen molar-refractivity contribution < 1.29 is 4.79 Å². The number of aromatic nitrogens is 2.